The highest BCUT2D eigenvalue weighted by atomic mass is 35.5. The summed E-state index contributed by atoms with van der Waals surface area (Å²) in [4.78, 5) is 24.0. The number of hydrogen-bond acceptors (Lipinski definition) is 2. The van der Waals surface area contributed by atoms with Crippen molar-refractivity contribution in [2.45, 2.75) is 26.3 Å². The van der Waals surface area contributed by atoms with Gasteiger partial charge in [0.05, 0.1) is 5.02 Å². The zero-order valence-corrected chi connectivity index (χ0v) is 13.5. The van der Waals surface area contributed by atoms with Gasteiger partial charge in [-0.2, -0.15) is 0 Å². The van der Waals surface area contributed by atoms with E-state index in [1.807, 2.05) is 13.8 Å². The fraction of sp³-hybridized carbons (Fsp3) is 0.538. The second-order valence-electron chi connectivity index (χ2n) is 5.00. The number of halogens is 2. The average Bonchev–Trinajstić information content (AvgIpc) is 2.64. The van der Waals surface area contributed by atoms with Gasteiger partial charge in [0.15, 0.2) is 0 Å². The Labute approximate surface area is 128 Å². The Hall–Kier alpha value is -1.20. The largest absolute Gasteiger partial charge is 0.357 e. The number of amides is 2. The van der Waals surface area contributed by atoms with Gasteiger partial charge in [-0.1, -0.05) is 37.0 Å². The highest BCUT2D eigenvalue weighted by molar-refractivity contribution is 6.41. The van der Waals surface area contributed by atoms with Crippen molar-refractivity contribution in [3.63, 3.8) is 0 Å². The molecule has 0 aliphatic carbocycles. The summed E-state index contributed by atoms with van der Waals surface area (Å²) in [6.07, 6.45) is 0.553. The van der Waals surface area contributed by atoms with E-state index in [4.69, 9.17) is 23.2 Å². The maximum atomic E-state index is 12.2. The Morgan fingerprint density at radius 1 is 1.35 bits per heavy atom. The Morgan fingerprint density at radius 3 is 2.35 bits per heavy atom. The van der Waals surface area contributed by atoms with Crippen molar-refractivity contribution < 1.29 is 9.59 Å². The summed E-state index contributed by atoms with van der Waals surface area (Å²) in [5.74, 6) is -0.327. The van der Waals surface area contributed by atoms with Gasteiger partial charge in [-0.05, 0) is 18.4 Å². The Kier molecular flexibility index (Phi) is 5.89. The molecule has 0 aliphatic rings. The minimum atomic E-state index is -0.583. The summed E-state index contributed by atoms with van der Waals surface area (Å²) < 4.78 is 1.48. The summed E-state index contributed by atoms with van der Waals surface area (Å²) in [5.41, 5.74) is 0.317. The maximum absolute atomic E-state index is 12.2. The van der Waals surface area contributed by atoms with Crippen LogP contribution in [-0.2, 0) is 11.8 Å². The van der Waals surface area contributed by atoms with Crippen LogP contribution < -0.4 is 10.6 Å². The predicted molar refractivity (Wildman–Crippen MR) is 80.2 cm³/mol. The second kappa shape index (κ2) is 6.99. The van der Waals surface area contributed by atoms with Crippen molar-refractivity contribution in [1.82, 2.24) is 15.2 Å². The molecule has 1 unspecified atom stereocenters. The van der Waals surface area contributed by atoms with Crippen molar-refractivity contribution >= 4 is 35.0 Å². The Balaban J connectivity index is 2.90. The third kappa shape index (κ3) is 3.90. The van der Waals surface area contributed by atoms with E-state index in [1.165, 1.54) is 17.7 Å². The zero-order chi connectivity index (χ0) is 15.4. The first-order valence-corrected chi connectivity index (χ1v) is 7.06. The van der Waals surface area contributed by atoms with E-state index < -0.39 is 6.04 Å². The van der Waals surface area contributed by atoms with Crippen LogP contribution in [-0.4, -0.2) is 29.5 Å². The standard InChI is InChI=1S/C13H19Cl2N3O2/c1-7(2)5-9(12(19)16-3)17-13(20)10-6-8(14)11(15)18(10)4/h6-7,9H,5H2,1-4H3,(H,16,19)(H,17,20). The maximum Gasteiger partial charge on any atom is 0.268 e. The van der Waals surface area contributed by atoms with Crippen molar-refractivity contribution in [2.75, 3.05) is 7.05 Å². The molecule has 5 nitrogen and oxygen atoms in total. The van der Waals surface area contributed by atoms with Crippen LogP contribution in [0.3, 0.4) is 0 Å². The van der Waals surface area contributed by atoms with Crippen LogP contribution in [0.2, 0.25) is 10.2 Å². The molecule has 0 spiro atoms. The van der Waals surface area contributed by atoms with E-state index in [0.29, 0.717) is 17.1 Å². The summed E-state index contributed by atoms with van der Waals surface area (Å²) >= 11 is 11.8. The van der Waals surface area contributed by atoms with Gasteiger partial charge in [-0.3, -0.25) is 9.59 Å². The molecule has 1 aromatic rings. The number of nitrogens with zero attached hydrogens (tertiary/aromatic N) is 1. The first kappa shape index (κ1) is 16.9. The number of nitrogens with one attached hydrogen (secondary N) is 2. The lowest BCUT2D eigenvalue weighted by Crippen LogP contribution is -2.46. The number of hydrogen-bond donors (Lipinski definition) is 2. The predicted octanol–water partition coefficient (Wildman–Crippen LogP) is 2.22. The monoisotopic (exact) mass is 319 g/mol. The molecular formula is C13H19Cl2N3O2. The van der Waals surface area contributed by atoms with E-state index in [0.717, 1.165) is 0 Å². The molecule has 0 bridgehead atoms. The molecule has 0 aromatic carbocycles. The van der Waals surface area contributed by atoms with Crippen molar-refractivity contribution in [2.24, 2.45) is 13.0 Å². The summed E-state index contributed by atoms with van der Waals surface area (Å²) in [6, 6.07) is 0.898. The number of aromatic nitrogens is 1. The first-order chi connectivity index (χ1) is 9.27. The molecule has 20 heavy (non-hydrogen) atoms. The van der Waals surface area contributed by atoms with Crippen molar-refractivity contribution in [3.8, 4) is 0 Å². The lowest BCUT2D eigenvalue weighted by molar-refractivity contribution is -0.122. The molecule has 112 valence electrons. The average molecular weight is 320 g/mol. The van der Waals surface area contributed by atoms with Crippen LogP contribution in [0.5, 0.6) is 0 Å². The van der Waals surface area contributed by atoms with Gasteiger partial charge >= 0.3 is 0 Å². The van der Waals surface area contributed by atoms with Gasteiger partial charge in [-0.25, -0.2) is 0 Å². The minimum absolute atomic E-state index is 0.224. The van der Waals surface area contributed by atoms with E-state index in [-0.39, 0.29) is 22.9 Å². The Bertz CT molecular complexity index is 512. The third-order valence-corrected chi connectivity index (χ3v) is 3.77. The van der Waals surface area contributed by atoms with Gasteiger partial charge in [0, 0.05) is 14.1 Å². The normalized spacial score (nSPS) is 12.3. The van der Waals surface area contributed by atoms with Gasteiger partial charge < -0.3 is 15.2 Å². The van der Waals surface area contributed by atoms with Crippen LogP contribution >= 0.6 is 23.2 Å². The highest BCUT2D eigenvalue weighted by Gasteiger charge is 2.23. The van der Waals surface area contributed by atoms with E-state index in [9.17, 15) is 9.59 Å². The van der Waals surface area contributed by atoms with Crippen molar-refractivity contribution in [1.29, 1.82) is 0 Å². The molecule has 0 aliphatic heterocycles. The lowest BCUT2D eigenvalue weighted by Gasteiger charge is -2.19. The van der Waals surface area contributed by atoms with Crippen LogP contribution in [0.25, 0.3) is 0 Å². The fourth-order valence-corrected chi connectivity index (χ4v) is 2.25. The molecule has 2 amide bonds. The quantitative estimate of drug-likeness (QED) is 0.874. The molecule has 1 atom stereocenters. The molecule has 1 rings (SSSR count). The van der Waals surface area contributed by atoms with Crippen LogP contribution in [0.4, 0.5) is 0 Å². The zero-order valence-electron chi connectivity index (χ0n) is 12.0. The molecule has 7 heteroatoms. The molecule has 0 fully saturated rings. The van der Waals surface area contributed by atoms with Crippen LogP contribution in [0.15, 0.2) is 6.07 Å². The lowest BCUT2D eigenvalue weighted by atomic mass is 10.0. The van der Waals surface area contributed by atoms with Gasteiger partial charge in [0.2, 0.25) is 5.91 Å². The number of likely N-dealkylation sites (N-methyl/N-ethyl adjacent to an activating group) is 1. The van der Waals surface area contributed by atoms with Gasteiger partial charge in [-0.15, -0.1) is 0 Å². The summed E-state index contributed by atoms with van der Waals surface area (Å²) in [5, 5.41) is 5.85. The van der Waals surface area contributed by atoms with Crippen molar-refractivity contribution in [3.05, 3.63) is 21.9 Å². The molecule has 1 heterocycles. The number of carbonyl (C=O) groups excluding carboxylic acids is 2. The van der Waals surface area contributed by atoms with E-state index >= 15 is 0 Å². The smallest absolute Gasteiger partial charge is 0.268 e. The van der Waals surface area contributed by atoms with Crippen LogP contribution in [0.1, 0.15) is 30.8 Å². The first-order valence-electron chi connectivity index (χ1n) is 6.31. The SMILES string of the molecule is CNC(=O)C(CC(C)C)NC(=O)c1cc(Cl)c(Cl)n1C. The minimum Gasteiger partial charge on any atom is -0.357 e. The molecule has 2 N–H and O–H groups in total. The topological polar surface area (TPSA) is 63.1 Å². The molecule has 0 saturated heterocycles. The van der Waals surface area contributed by atoms with Gasteiger partial charge in [0.1, 0.15) is 16.9 Å². The third-order valence-electron chi connectivity index (χ3n) is 2.92. The molecule has 0 radical (unpaired) electrons. The van der Waals surface area contributed by atoms with Gasteiger partial charge in [0.25, 0.3) is 5.91 Å². The summed E-state index contributed by atoms with van der Waals surface area (Å²) in [7, 11) is 3.18. The molecule has 0 saturated carbocycles. The van der Waals surface area contributed by atoms with Crippen LogP contribution in [0, 0.1) is 5.92 Å². The molecular weight excluding hydrogens is 301 g/mol. The molecule has 1 aromatic heterocycles. The Morgan fingerprint density at radius 2 is 1.95 bits per heavy atom. The summed E-state index contributed by atoms with van der Waals surface area (Å²) in [6.45, 7) is 3.97. The highest BCUT2D eigenvalue weighted by Crippen LogP contribution is 2.25. The number of rotatable bonds is 5. The fourth-order valence-electron chi connectivity index (χ4n) is 1.87. The second-order valence-corrected chi connectivity index (χ2v) is 5.76. The van der Waals surface area contributed by atoms with E-state index in [2.05, 4.69) is 10.6 Å². The number of carbonyl (C=O) groups is 2. The van der Waals surface area contributed by atoms with E-state index in [1.54, 1.807) is 7.05 Å².